The van der Waals surface area contributed by atoms with Gasteiger partial charge in [-0.1, -0.05) is 30.3 Å². The predicted octanol–water partition coefficient (Wildman–Crippen LogP) is 3.33. The van der Waals surface area contributed by atoms with E-state index in [1.807, 2.05) is 73.7 Å². The first-order valence-electron chi connectivity index (χ1n) is 10.5. The first-order chi connectivity index (χ1) is 15.5. The number of benzene rings is 3. The quantitative estimate of drug-likeness (QED) is 0.465. The molecule has 0 atom stereocenters. The average molecular weight is 423 g/mol. The summed E-state index contributed by atoms with van der Waals surface area (Å²) in [6.07, 6.45) is 1.92. The van der Waals surface area contributed by atoms with Gasteiger partial charge in [0.15, 0.2) is 5.84 Å². The molecule has 0 spiro atoms. The van der Waals surface area contributed by atoms with Crippen LogP contribution >= 0.6 is 0 Å². The van der Waals surface area contributed by atoms with E-state index in [0.717, 1.165) is 32.6 Å². The van der Waals surface area contributed by atoms with Gasteiger partial charge in [0.05, 0.1) is 11.0 Å². The average Bonchev–Trinajstić information content (AvgIpc) is 3.41. The molecule has 158 valence electrons. The van der Waals surface area contributed by atoms with Gasteiger partial charge in [-0.15, -0.1) is 0 Å². The van der Waals surface area contributed by atoms with Crippen LogP contribution in [-0.4, -0.2) is 46.0 Å². The molecular weight excluding hydrogens is 402 g/mol. The molecule has 1 aliphatic heterocycles. The van der Waals surface area contributed by atoms with Crippen molar-refractivity contribution in [1.29, 1.82) is 0 Å². The highest BCUT2D eigenvalue weighted by Gasteiger charge is 2.21. The third-order valence-corrected chi connectivity index (χ3v) is 6.13. The van der Waals surface area contributed by atoms with Crippen molar-refractivity contribution in [3.63, 3.8) is 0 Å². The first kappa shape index (κ1) is 18.8. The number of H-pyrrole nitrogens is 1. The molecule has 0 amide bonds. The molecule has 3 aromatic carbocycles. The highest BCUT2D eigenvalue weighted by Crippen LogP contribution is 2.34. The number of aromatic hydroxyl groups is 1. The number of hydrogen-bond acceptors (Lipinski definition) is 5. The van der Waals surface area contributed by atoms with Crippen LogP contribution in [0.4, 0.5) is 5.69 Å². The van der Waals surface area contributed by atoms with Gasteiger partial charge in [-0.25, -0.2) is 9.98 Å². The molecule has 32 heavy (non-hydrogen) atoms. The maximum atomic E-state index is 13.2. The van der Waals surface area contributed by atoms with Crippen LogP contribution in [0.3, 0.4) is 0 Å². The van der Waals surface area contributed by atoms with Gasteiger partial charge in [-0.3, -0.25) is 9.36 Å². The summed E-state index contributed by atoms with van der Waals surface area (Å²) in [5.41, 5.74) is 2.45. The van der Waals surface area contributed by atoms with Crippen molar-refractivity contribution in [2.75, 3.05) is 20.6 Å². The number of aromatic amines is 1. The summed E-state index contributed by atoms with van der Waals surface area (Å²) in [4.78, 5) is 28.1. The van der Waals surface area contributed by atoms with Crippen LogP contribution in [0.15, 0.2) is 69.5 Å². The van der Waals surface area contributed by atoms with Gasteiger partial charge in [0, 0.05) is 57.3 Å². The zero-order chi connectivity index (χ0) is 22.0. The Morgan fingerprint density at radius 1 is 1.00 bits per heavy atom. The summed E-state index contributed by atoms with van der Waals surface area (Å²) in [6, 6.07) is 15.5. The molecule has 0 radical (unpaired) electrons. The Bertz CT molecular complexity index is 1690. The number of hydrogen-bond donors (Lipinski definition) is 2. The van der Waals surface area contributed by atoms with E-state index >= 15 is 0 Å². The summed E-state index contributed by atoms with van der Waals surface area (Å²) >= 11 is 0. The highest BCUT2D eigenvalue weighted by molar-refractivity contribution is 6.16. The van der Waals surface area contributed by atoms with E-state index in [-0.39, 0.29) is 11.4 Å². The summed E-state index contributed by atoms with van der Waals surface area (Å²) in [7, 11) is 3.88. The molecule has 6 rings (SSSR count). The smallest absolute Gasteiger partial charge is 0.261 e. The first-order valence-corrected chi connectivity index (χ1v) is 10.5. The minimum Gasteiger partial charge on any atom is -0.494 e. The molecule has 0 fully saturated rings. The second-order valence-electron chi connectivity index (χ2n) is 8.40. The second kappa shape index (κ2) is 6.77. The van der Waals surface area contributed by atoms with Gasteiger partial charge >= 0.3 is 0 Å². The molecule has 0 saturated carbocycles. The third-order valence-electron chi connectivity index (χ3n) is 6.13. The molecule has 0 saturated heterocycles. The Morgan fingerprint density at radius 2 is 1.78 bits per heavy atom. The molecule has 1 aliphatic rings. The van der Waals surface area contributed by atoms with Gasteiger partial charge in [-0.2, -0.15) is 0 Å². The zero-order valence-corrected chi connectivity index (χ0v) is 17.8. The Labute approximate surface area is 182 Å². The number of amidine groups is 1. The number of aromatic nitrogens is 2. The minimum absolute atomic E-state index is 0.0286. The lowest BCUT2D eigenvalue weighted by Gasteiger charge is -2.16. The summed E-state index contributed by atoms with van der Waals surface area (Å²) in [6.45, 7) is 1.04. The van der Waals surface area contributed by atoms with Crippen molar-refractivity contribution < 1.29 is 5.11 Å². The second-order valence-corrected chi connectivity index (χ2v) is 8.40. The molecule has 0 bridgehead atoms. The fourth-order valence-electron chi connectivity index (χ4n) is 4.53. The maximum absolute atomic E-state index is 13.2. The topological polar surface area (TPSA) is 86.0 Å². The molecule has 2 aromatic heterocycles. The van der Waals surface area contributed by atoms with Crippen molar-refractivity contribution in [3.8, 4) is 5.88 Å². The van der Waals surface area contributed by atoms with Gasteiger partial charge in [0.1, 0.15) is 0 Å². The summed E-state index contributed by atoms with van der Waals surface area (Å²) in [5, 5.41) is 15.6. The molecule has 7 heteroatoms. The van der Waals surface area contributed by atoms with Crippen LogP contribution < -0.4 is 10.9 Å². The SMILES string of the molecule is CN(C)CCn1c(O)c2cc3c(c4cccc(c1=O)c24)=NC(c1c[nH]c2ccccc12)=N3. The molecule has 3 heterocycles. The normalized spacial score (nSPS) is 13.3. The van der Waals surface area contributed by atoms with Gasteiger partial charge in [0.2, 0.25) is 5.88 Å². The molecule has 2 N–H and O–H groups in total. The van der Waals surface area contributed by atoms with Gasteiger partial charge < -0.3 is 15.0 Å². The molecule has 0 aliphatic carbocycles. The predicted molar refractivity (Wildman–Crippen MR) is 127 cm³/mol. The zero-order valence-electron chi connectivity index (χ0n) is 17.8. The van der Waals surface area contributed by atoms with Crippen LogP contribution in [0.1, 0.15) is 5.56 Å². The van der Waals surface area contributed by atoms with E-state index < -0.39 is 0 Å². The van der Waals surface area contributed by atoms with Crippen LogP contribution in [0.2, 0.25) is 0 Å². The van der Waals surface area contributed by atoms with Crippen LogP contribution in [0, 0.1) is 0 Å². The monoisotopic (exact) mass is 423 g/mol. The number of likely N-dealkylation sites (N-methyl/N-ethyl adjacent to an activating group) is 1. The molecular formula is C25H21N5O2. The van der Waals surface area contributed by atoms with Crippen molar-refractivity contribution in [2.45, 2.75) is 6.54 Å². The van der Waals surface area contributed by atoms with Crippen molar-refractivity contribution in [2.24, 2.45) is 9.98 Å². The van der Waals surface area contributed by atoms with Crippen LogP contribution in [-0.2, 0) is 6.54 Å². The van der Waals surface area contributed by atoms with E-state index in [1.165, 1.54) is 4.57 Å². The van der Waals surface area contributed by atoms with Crippen LogP contribution in [0.25, 0.3) is 32.4 Å². The maximum Gasteiger partial charge on any atom is 0.261 e. The van der Waals surface area contributed by atoms with E-state index in [0.29, 0.717) is 35.4 Å². The Morgan fingerprint density at radius 3 is 2.62 bits per heavy atom. The largest absolute Gasteiger partial charge is 0.494 e. The minimum atomic E-state index is -0.196. The Hall–Kier alpha value is -3.97. The lowest BCUT2D eigenvalue weighted by Crippen LogP contribution is -2.27. The van der Waals surface area contributed by atoms with Gasteiger partial charge in [-0.05, 0) is 32.3 Å². The van der Waals surface area contributed by atoms with Crippen molar-refractivity contribution in [3.05, 3.63) is 76.0 Å². The van der Waals surface area contributed by atoms with Crippen molar-refractivity contribution >= 4 is 44.0 Å². The van der Waals surface area contributed by atoms with E-state index in [2.05, 4.69) is 4.98 Å². The number of fused-ring (bicyclic) bond motifs is 3. The highest BCUT2D eigenvalue weighted by atomic mass is 16.3. The number of rotatable bonds is 4. The van der Waals surface area contributed by atoms with Gasteiger partial charge in [0.25, 0.3) is 5.56 Å². The number of nitrogens with one attached hydrogen (secondary N) is 1. The fraction of sp³-hybridized carbons (Fsp3) is 0.160. The number of para-hydroxylation sites is 1. The van der Waals surface area contributed by atoms with E-state index in [4.69, 9.17) is 9.98 Å². The van der Waals surface area contributed by atoms with Crippen LogP contribution in [0.5, 0.6) is 5.88 Å². The number of pyridine rings is 1. The van der Waals surface area contributed by atoms with Crippen molar-refractivity contribution in [1.82, 2.24) is 14.5 Å². The lowest BCUT2D eigenvalue weighted by atomic mass is 10.0. The summed E-state index contributed by atoms with van der Waals surface area (Å²) in [5.74, 6) is 0.593. The van der Waals surface area contributed by atoms with E-state index in [1.54, 1.807) is 0 Å². The number of nitrogens with zero attached hydrogens (tertiary/aromatic N) is 4. The Balaban J connectivity index is 1.62. The standard InChI is InChI=1S/C25H21N5O2/c1-29(2)10-11-30-24(31)16-8-5-7-15-21(16)17(25(30)32)12-20-22(15)28-23(27-20)18-13-26-19-9-4-3-6-14(18)19/h3-9,12-13,26,32H,10-11H2,1-2H3. The number of aliphatic imine (C=N–C) groups is 1. The molecule has 0 unspecified atom stereocenters. The summed E-state index contributed by atoms with van der Waals surface area (Å²) < 4.78 is 1.44. The Kier molecular flexibility index (Phi) is 3.97. The lowest BCUT2D eigenvalue weighted by molar-refractivity contribution is 0.353. The fourth-order valence-corrected chi connectivity index (χ4v) is 4.53. The van der Waals surface area contributed by atoms with E-state index in [9.17, 15) is 9.90 Å². The molecule has 7 nitrogen and oxygen atoms in total. The third kappa shape index (κ3) is 2.61. The molecule has 5 aromatic rings.